The Bertz CT molecular complexity index is 545. The predicted molar refractivity (Wildman–Crippen MR) is 91.2 cm³/mol. The zero-order chi connectivity index (χ0) is 16.3. The lowest BCUT2D eigenvalue weighted by Gasteiger charge is -2.31. The van der Waals surface area contributed by atoms with E-state index >= 15 is 0 Å². The monoisotopic (exact) mass is 301 g/mol. The highest BCUT2D eigenvalue weighted by atomic mass is 16.5. The number of carbonyl (C=O) groups excluding carboxylic acids is 1. The zero-order valence-corrected chi connectivity index (χ0v) is 14.1. The maximum Gasteiger partial charge on any atom is 0.230 e. The van der Waals surface area contributed by atoms with Crippen LogP contribution in [0.5, 0.6) is 0 Å². The molecule has 1 heterocycles. The highest BCUT2D eigenvalue weighted by Gasteiger charge is 2.41. The second-order valence-corrected chi connectivity index (χ2v) is 7.04. The van der Waals surface area contributed by atoms with Gasteiger partial charge in [0.2, 0.25) is 5.91 Å². The summed E-state index contributed by atoms with van der Waals surface area (Å²) in [6.45, 7) is 10.9. The number of nitrogens with zero attached hydrogens (tertiary/aromatic N) is 1. The van der Waals surface area contributed by atoms with Gasteiger partial charge in [-0.15, -0.1) is 6.58 Å². The number of amides is 1. The second-order valence-electron chi connectivity index (χ2n) is 7.04. The number of rotatable bonds is 5. The topological polar surface area (TPSA) is 29.5 Å². The lowest BCUT2D eigenvalue weighted by Crippen LogP contribution is -2.38. The third-order valence-corrected chi connectivity index (χ3v) is 4.29. The summed E-state index contributed by atoms with van der Waals surface area (Å²) in [5.41, 5.74) is 2.21. The van der Waals surface area contributed by atoms with Gasteiger partial charge in [0, 0.05) is 18.7 Å². The summed E-state index contributed by atoms with van der Waals surface area (Å²) in [5, 5.41) is 0. The third kappa shape index (κ3) is 3.25. The molecule has 3 heteroatoms. The quantitative estimate of drug-likeness (QED) is 0.771. The highest BCUT2D eigenvalue weighted by molar-refractivity contribution is 5.99. The summed E-state index contributed by atoms with van der Waals surface area (Å²) >= 11 is 0. The minimum Gasteiger partial charge on any atom is -0.383 e. The molecule has 1 aliphatic rings. The van der Waals surface area contributed by atoms with Crippen molar-refractivity contribution in [3.8, 4) is 0 Å². The van der Waals surface area contributed by atoms with Crippen molar-refractivity contribution in [2.45, 2.75) is 45.1 Å². The van der Waals surface area contributed by atoms with Gasteiger partial charge in [-0.25, -0.2) is 0 Å². The van der Waals surface area contributed by atoms with E-state index in [0.717, 1.165) is 18.5 Å². The van der Waals surface area contributed by atoms with Crippen molar-refractivity contribution in [2.75, 3.05) is 18.6 Å². The molecule has 3 nitrogen and oxygen atoms in total. The van der Waals surface area contributed by atoms with Crippen LogP contribution in [-0.2, 0) is 14.9 Å². The standard InChI is InChI=1S/C19H27NO2/c1-6-9-14-12-15(13-22-5)20(18(14)21)17-11-8-7-10-16(17)19(2,3)4/h6-8,10-11,14-15H,1,9,12-13H2,2-5H3/t14-,15+/m0/s1. The van der Waals surface area contributed by atoms with E-state index in [1.807, 2.05) is 23.1 Å². The Kier molecular flexibility index (Phi) is 5.07. The Labute approximate surface area is 134 Å². The van der Waals surface area contributed by atoms with E-state index < -0.39 is 0 Å². The van der Waals surface area contributed by atoms with E-state index in [2.05, 4.69) is 39.5 Å². The number of ether oxygens (including phenoxy) is 1. The lowest BCUT2D eigenvalue weighted by atomic mass is 9.85. The van der Waals surface area contributed by atoms with E-state index in [4.69, 9.17) is 4.74 Å². The molecule has 120 valence electrons. The van der Waals surface area contributed by atoms with Crippen LogP contribution >= 0.6 is 0 Å². The van der Waals surface area contributed by atoms with Crippen molar-refractivity contribution in [3.05, 3.63) is 42.5 Å². The molecule has 0 N–H and O–H groups in total. The molecule has 0 aliphatic carbocycles. The molecule has 22 heavy (non-hydrogen) atoms. The van der Waals surface area contributed by atoms with Crippen molar-refractivity contribution < 1.29 is 9.53 Å². The molecule has 2 rings (SSSR count). The number of allylic oxidation sites excluding steroid dienone is 1. The predicted octanol–water partition coefficient (Wildman–Crippen LogP) is 3.93. The minimum atomic E-state index is -0.00891. The van der Waals surface area contributed by atoms with E-state index in [0.29, 0.717) is 6.61 Å². The molecular formula is C19H27NO2. The maximum atomic E-state index is 12.9. The van der Waals surface area contributed by atoms with E-state index in [-0.39, 0.29) is 23.3 Å². The number of hydrogen-bond donors (Lipinski definition) is 0. The fraction of sp³-hybridized carbons (Fsp3) is 0.526. The van der Waals surface area contributed by atoms with Gasteiger partial charge in [0.25, 0.3) is 0 Å². The molecule has 0 radical (unpaired) electrons. The average Bonchev–Trinajstić information content (AvgIpc) is 2.75. The van der Waals surface area contributed by atoms with Crippen molar-refractivity contribution in [1.82, 2.24) is 0 Å². The Morgan fingerprint density at radius 2 is 2.05 bits per heavy atom. The van der Waals surface area contributed by atoms with Gasteiger partial charge in [-0.1, -0.05) is 45.0 Å². The van der Waals surface area contributed by atoms with Crippen LogP contribution in [0.2, 0.25) is 0 Å². The van der Waals surface area contributed by atoms with E-state index in [9.17, 15) is 4.79 Å². The van der Waals surface area contributed by atoms with Crippen LogP contribution in [0, 0.1) is 5.92 Å². The molecule has 0 spiro atoms. The van der Waals surface area contributed by atoms with Crippen LogP contribution < -0.4 is 4.90 Å². The van der Waals surface area contributed by atoms with Crippen molar-refractivity contribution >= 4 is 11.6 Å². The van der Waals surface area contributed by atoms with Crippen molar-refractivity contribution in [3.63, 3.8) is 0 Å². The Morgan fingerprint density at radius 3 is 2.64 bits per heavy atom. The number of anilines is 1. The van der Waals surface area contributed by atoms with Gasteiger partial charge >= 0.3 is 0 Å². The Morgan fingerprint density at radius 1 is 1.36 bits per heavy atom. The van der Waals surface area contributed by atoms with Crippen LogP contribution in [0.15, 0.2) is 36.9 Å². The maximum absolute atomic E-state index is 12.9. The number of hydrogen-bond acceptors (Lipinski definition) is 2. The first-order chi connectivity index (χ1) is 10.4. The smallest absolute Gasteiger partial charge is 0.230 e. The van der Waals surface area contributed by atoms with Crippen LogP contribution in [0.3, 0.4) is 0 Å². The molecule has 1 aromatic rings. The van der Waals surface area contributed by atoms with Gasteiger partial charge in [-0.2, -0.15) is 0 Å². The number of para-hydroxylation sites is 1. The first kappa shape index (κ1) is 16.8. The molecule has 0 bridgehead atoms. The van der Waals surface area contributed by atoms with Gasteiger partial charge in [-0.3, -0.25) is 4.79 Å². The van der Waals surface area contributed by atoms with E-state index in [1.165, 1.54) is 5.56 Å². The molecule has 1 saturated heterocycles. The SMILES string of the molecule is C=CC[C@H]1C[C@H](COC)N(c2ccccc2C(C)(C)C)C1=O. The molecular weight excluding hydrogens is 274 g/mol. The highest BCUT2D eigenvalue weighted by Crippen LogP contribution is 2.38. The lowest BCUT2D eigenvalue weighted by molar-refractivity contribution is -0.120. The van der Waals surface area contributed by atoms with Crippen molar-refractivity contribution in [1.29, 1.82) is 0 Å². The van der Waals surface area contributed by atoms with Crippen LogP contribution in [0.4, 0.5) is 5.69 Å². The summed E-state index contributed by atoms with van der Waals surface area (Å²) in [6.07, 6.45) is 3.40. The summed E-state index contributed by atoms with van der Waals surface area (Å²) in [7, 11) is 1.69. The molecule has 1 amide bonds. The molecule has 1 fully saturated rings. The van der Waals surface area contributed by atoms with E-state index in [1.54, 1.807) is 7.11 Å². The van der Waals surface area contributed by atoms with Crippen LogP contribution in [-0.4, -0.2) is 25.7 Å². The Hall–Kier alpha value is -1.61. The normalized spacial score (nSPS) is 22.2. The van der Waals surface area contributed by atoms with Gasteiger partial charge in [-0.05, 0) is 29.9 Å². The molecule has 0 saturated carbocycles. The molecule has 0 unspecified atom stereocenters. The van der Waals surface area contributed by atoms with Gasteiger partial charge in [0.1, 0.15) is 0 Å². The third-order valence-electron chi connectivity index (χ3n) is 4.29. The molecule has 1 aromatic carbocycles. The number of benzene rings is 1. The largest absolute Gasteiger partial charge is 0.383 e. The average molecular weight is 301 g/mol. The summed E-state index contributed by atoms with van der Waals surface area (Å²) < 4.78 is 5.36. The minimum absolute atomic E-state index is 0.00891. The summed E-state index contributed by atoms with van der Waals surface area (Å²) in [4.78, 5) is 14.8. The molecule has 1 aliphatic heterocycles. The van der Waals surface area contributed by atoms with Crippen LogP contribution in [0.25, 0.3) is 0 Å². The van der Waals surface area contributed by atoms with Crippen molar-refractivity contribution in [2.24, 2.45) is 5.92 Å². The number of carbonyl (C=O) groups is 1. The zero-order valence-electron chi connectivity index (χ0n) is 14.1. The fourth-order valence-corrected chi connectivity index (χ4v) is 3.28. The second kappa shape index (κ2) is 6.66. The molecule has 0 aromatic heterocycles. The first-order valence-corrected chi connectivity index (χ1v) is 7.92. The van der Waals surface area contributed by atoms with Crippen LogP contribution in [0.1, 0.15) is 39.2 Å². The molecule has 2 atom stereocenters. The summed E-state index contributed by atoms with van der Waals surface area (Å²) in [5.74, 6) is 0.212. The summed E-state index contributed by atoms with van der Waals surface area (Å²) in [6, 6.07) is 8.32. The fourth-order valence-electron chi connectivity index (χ4n) is 3.28. The van der Waals surface area contributed by atoms with Gasteiger partial charge in [0.05, 0.1) is 12.6 Å². The first-order valence-electron chi connectivity index (χ1n) is 7.92. The number of methoxy groups -OCH3 is 1. The Balaban J connectivity index is 2.44. The van der Waals surface area contributed by atoms with Gasteiger partial charge < -0.3 is 9.64 Å². The van der Waals surface area contributed by atoms with Gasteiger partial charge in [0.15, 0.2) is 0 Å².